The van der Waals surface area contributed by atoms with Crippen LogP contribution in [0, 0.1) is 0 Å². The van der Waals surface area contributed by atoms with Gasteiger partial charge in [0.1, 0.15) is 5.75 Å². The van der Waals surface area contributed by atoms with E-state index in [4.69, 9.17) is 4.74 Å². The fourth-order valence-electron chi connectivity index (χ4n) is 3.33. The summed E-state index contributed by atoms with van der Waals surface area (Å²) in [6.07, 6.45) is 3.96. The lowest BCUT2D eigenvalue weighted by molar-refractivity contribution is 0.0499. The van der Waals surface area contributed by atoms with E-state index in [1.807, 2.05) is 6.92 Å². The maximum atomic E-state index is 12.8. The third-order valence-corrected chi connectivity index (χ3v) is 5.09. The summed E-state index contributed by atoms with van der Waals surface area (Å²) in [4.78, 5) is 34.1. The minimum atomic E-state index is -0.357. The highest BCUT2D eigenvalue weighted by molar-refractivity contribution is 6.53. The predicted octanol–water partition coefficient (Wildman–Crippen LogP) is 5.30. The molecule has 0 aromatic heterocycles. The van der Waals surface area contributed by atoms with Crippen molar-refractivity contribution in [2.75, 3.05) is 13.2 Å². The van der Waals surface area contributed by atoms with E-state index < -0.39 is 0 Å². The number of aromatic hydroxyl groups is 1. The molecule has 0 amide bonds. The number of phenols is 1. The highest BCUT2D eigenvalue weighted by Crippen LogP contribution is 2.30. The topological polar surface area (TPSA) is 88.3 Å². The van der Waals surface area contributed by atoms with Crippen LogP contribution in [0.1, 0.15) is 72.2 Å². The molecule has 0 bridgehead atoms. The summed E-state index contributed by atoms with van der Waals surface area (Å²) < 4.78 is 5.23. The van der Waals surface area contributed by atoms with E-state index >= 15 is 0 Å². The lowest BCUT2D eigenvalue weighted by atomic mass is 9.86. The van der Waals surface area contributed by atoms with Gasteiger partial charge >= 0.3 is 5.97 Å². The Kier molecular flexibility index (Phi) is 7.70. The first-order valence-corrected chi connectivity index (χ1v) is 10.8. The van der Waals surface area contributed by atoms with Crippen LogP contribution in [0.5, 0.6) is 5.75 Å². The van der Waals surface area contributed by atoms with Crippen LogP contribution in [0.15, 0.2) is 52.4 Å². The summed E-state index contributed by atoms with van der Waals surface area (Å²) in [5, 5.41) is 10.4. The van der Waals surface area contributed by atoms with Gasteiger partial charge in [-0.15, -0.1) is 0 Å². The second-order valence-electron chi connectivity index (χ2n) is 7.48. The number of phenolic OH excluding ortho intramolecular Hbond substituents is 1. The Labute approximate surface area is 182 Å². The molecule has 0 aliphatic heterocycles. The number of Topliss-reactive ketones (excluding diaryl/α,β-unsaturated/α-hetero) is 1. The van der Waals surface area contributed by atoms with Crippen LogP contribution in [-0.4, -0.2) is 41.4 Å². The van der Waals surface area contributed by atoms with Crippen molar-refractivity contribution in [3.63, 3.8) is 0 Å². The van der Waals surface area contributed by atoms with Crippen LogP contribution >= 0.6 is 0 Å². The average molecular weight is 421 g/mol. The highest BCUT2D eigenvalue weighted by Gasteiger charge is 2.30. The molecule has 6 heteroatoms. The van der Waals surface area contributed by atoms with Crippen molar-refractivity contribution < 1.29 is 19.4 Å². The number of ether oxygens (including phenoxy) is 1. The fraction of sp³-hybridized carbons (Fsp3) is 0.360. The second-order valence-corrected chi connectivity index (χ2v) is 7.48. The van der Waals surface area contributed by atoms with Gasteiger partial charge in [0.05, 0.1) is 29.3 Å². The van der Waals surface area contributed by atoms with E-state index in [-0.39, 0.29) is 23.9 Å². The normalized spacial score (nSPS) is 15.9. The molecule has 1 aliphatic carbocycles. The third kappa shape index (κ3) is 5.45. The van der Waals surface area contributed by atoms with Crippen molar-refractivity contribution in [1.82, 2.24) is 0 Å². The van der Waals surface area contributed by atoms with Crippen LogP contribution in [0.4, 0.5) is 5.69 Å². The molecule has 0 fully saturated rings. The first kappa shape index (κ1) is 22.4. The Balaban J connectivity index is 1.89. The Morgan fingerprint density at radius 2 is 1.77 bits per heavy atom. The predicted molar refractivity (Wildman–Crippen MR) is 122 cm³/mol. The molecule has 3 rings (SSSR count). The SMILES string of the molecule is CCCCN=C1CC(=Nc2ccc(C(=O)OCCCC)cc2)c2c(O)cccc2C1=O. The molecule has 162 valence electrons. The standard InChI is InChI=1S/C25H28N2O4/c1-3-5-14-26-21-16-20(23-19(24(21)29)8-7-9-22(23)28)27-18-12-10-17(11-13-18)25(30)31-15-6-4-2/h7-13,28H,3-6,14-16H2,1-2H3. The largest absolute Gasteiger partial charge is 0.507 e. The number of benzene rings is 2. The van der Waals surface area contributed by atoms with Gasteiger partial charge in [-0.25, -0.2) is 4.79 Å². The zero-order chi connectivity index (χ0) is 22.2. The average Bonchev–Trinajstić information content (AvgIpc) is 2.77. The molecule has 2 aromatic rings. The van der Waals surface area contributed by atoms with Crippen LogP contribution in [0.2, 0.25) is 0 Å². The number of unbranched alkanes of at least 4 members (excludes halogenated alkanes) is 2. The van der Waals surface area contributed by atoms with Crippen molar-refractivity contribution >= 4 is 28.9 Å². The molecule has 1 N–H and O–H groups in total. The van der Waals surface area contributed by atoms with E-state index in [0.29, 0.717) is 47.0 Å². The number of hydrogen-bond donors (Lipinski definition) is 1. The molecular formula is C25H28N2O4. The molecule has 0 atom stereocenters. The summed E-state index contributed by atoms with van der Waals surface area (Å²) >= 11 is 0. The zero-order valence-corrected chi connectivity index (χ0v) is 18.1. The molecular weight excluding hydrogens is 392 g/mol. The number of nitrogens with zero attached hydrogens (tertiary/aromatic N) is 2. The molecule has 0 saturated carbocycles. The number of fused-ring (bicyclic) bond motifs is 1. The molecule has 0 saturated heterocycles. The summed E-state index contributed by atoms with van der Waals surface area (Å²) in [7, 11) is 0. The maximum absolute atomic E-state index is 12.8. The first-order valence-electron chi connectivity index (χ1n) is 10.8. The monoisotopic (exact) mass is 420 g/mol. The molecule has 0 radical (unpaired) electrons. The van der Waals surface area contributed by atoms with Crippen LogP contribution in [0.25, 0.3) is 0 Å². The van der Waals surface area contributed by atoms with Crippen molar-refractivity contribution in [3.05, 3.63) is 59.2 Å². The smallest absolute Gasteiger partial charge is 0.338 e. The van der Waals surface area contributed by atoms with Crippen molar-refractivity contribution in [2.24, 2.45) is 9.98 Å². The van der Waals surface area contributed by atoms with E-state index in [9.17, 15) is 14.7 Å². The van der Waals surface area contributed by atoms with Crippen LogP contribution < -0.4 is 0 Å². The Hall–Kier alpha value is -3.28. The summed E-state index contributed by atoms with van der Waals surface area (Å²) in [6, 6.07) is 11.7. The fourth-order valence-corrected chi connectivity index (χ4v) is 3.33. The minimum Gasteiger partial charge on any atom is -0.507 e. The van der Waals surface area contributed by atoms with Crippen molar-refractivity contribution in [3.8, 4) is 5.75 Å². The summed E-state index contributed by atoms with van der Waals surface area (Å²) in [5.74, 6) is -0.497. The molecule has 0 spiro atoms. The van der Waals surface area contributed by atoms with Gasteiger partial charge in [-0.05, 0) is 43.2 Å². The van der Waals surface area contributed by atoms with Gasteiger partial charge in [-0.3, -0.25) is 14.8 Å². The Morgan fingerprint density at radius 1 is 1.03 bits per heavy atom. The van der Waals surface area contributed by atoms with Crippen molar-refractivity contribution in [1.29, 1.82) is 0 Å². The van der Waals surface area contributed by atoms with Crippen LogP contribution in [0.3, 0.4) is 0 Å². The lowest BCUT2D eigenvalue weighted by Crippen LogP contribution is -2.28. The third-order valence-electron chi connectivity index (χ3n) is 5.09. The molecule has 1 aliphatic rings. The quantitative estimate of drug-likeness (QED) is 0.464. The molecule has 2 aromatic carbocycles. The van der Waals surface area contributed by atoms with Gasteiger partial charge < -0.3 is 9.84 Å². The number of aliphatic imine (C=N–C) groups is 2. The van der Waals surface area contributed by atoms with Gasteiger partial charge in [0.2, 0.25) is 5.78 Å². The Bertz CT molecular complexity index is 1010. The number of ketones is 1. The molecule has 0 heterocycles. The number of rotatable bonds is 8. The number of carbonyl (C=O) groups excluding carboxylic acids is 2. The number of carbonyl (C=O) groups is 2. The zero-order valence-electron chi connectivity index (χ0n) is 18.1. The van der Waals surface area contributed by atoms with E-state index in [2.05, 4.69) is 16.9 Å². The van der Waals surface area contributed by atoms with E-state index in [1.165, 1.54) is 0 Å². The Morgan fingerprint density at radius 3 is 2.48 bits per heavy atom. The van der Waals surface area contributed by atoms with Gasteiger partial charge in [0.25, 0.3) is 0 Å². The van der Waals surface area contributed by atoms with Gasteiger partial charge in [0, 0.05) is 24.1 Å². The van der Waals surface area contributed by atoms with Gasteiger partial charge in [-0.1, -0.05) is 38.8 Å². The molecule has 0 unspecified atom stereocenters. The molecule has 31 heavy (non-hydrogen) atoms. The minimum absolute atomic E-state index is 0.0216. The highest BCUT2D eigenvalue weighted by atomic mass is 16.5. The second kappa shape index (κ2) is 10.7. The number of esters is 1. The first-order chi connectivity index (χ1) is 15.0. The van der Waals surface area contributed by atoms with Gasteiger partial charge in [0.15, 0.2) is 0 Å². The van der Waals surface area contributed by atoms with Crippen molar-refractivity contribution in [2.45, 2.75) is 46.0 Å². The van der Waals surface area contributed by atoms with Crippen LogP contribution in [-0.2, 0) is 4.74 Å². The van der Waals surface area contributed by atoms with E-state index in [0.717, 1.165) is 25.7 Å². The molecule has 6 nitrogen and oxygen atoms in total. The summed E-state index contributed by atoms with van der Waals surface area (Å²) in [5.41, 5.74) is 2.99. The maximum Gasteiger partial charge on any atom is 0.338 e. The summed E-state index contributed by atoms with van der Waals surface area (Å²) in [6.45, 7) is 5.11. The van der Waals surface area contributed by atoms with Gasteiger partial charge in [-0.2, -0.15) is 0 Å². The van der Waals surface area contributed by atoms with E-state index in [1.54, 1.807) is 42.5 Å². The number of hydrogen-bond acceptors (Lipinski definition) is 6. The lowest BCUT2D eigenvalue weighted by Gasteiger charge is -2.20.